The molecule has 2 aromatic carbocycles. The van der Waals surface area contributed by atoms with Crippen LogP contribution < -0.4 is 14.2 Å². The Balaban J connectivity index is 1.55. The van der Waals surface area contributed by atoms with Crippen molar-refractivity contribution in [1.29, 1.82) is 0 Å². The highest BCUT2D eigenvalue weighted by Gasteiger charge is 2.15. The van der Waals surface area contributed by atoms with E-state index in [2.05, 4.69) is 15.0 Å². The van der Waals surface area contributed by atoms with Crippen LogP contribution in [-0.4, -0.2) is 45.7 Å². The maximum Gasteiger partial charge on any atom is 0.178 e. The number of benzene rings is 2. The Morgan fingerprint density at radius 2 is 1.87 bits per heavy atom. The highest BCUT2D eigenvalue weighted by Crippen LogP contribution is 2.33. The molecule has 7 nitrogen and oxygen atoms in total. The number of ether oxygens (including phenoxy) is 3. The molecule has 4 aromatic rings. The molecule has 30 heavy (non-hydrogen) atoms. The fourth-order valence-electron chi connectivity index (χ4n) is 3.06. The van der Waals surface area contributed by atoms with Gasteiger partial charge in [-0.3, -0.25) is 4.21 Å². The van der Waals surface area contributed by atoms with Gasteiger partial charge in [-0.25, -0.2) is 9.97 Å². The van der Waals surface area contributed by atoms with Gasteiger partial charge >= 0.3 is 0 Å². The van der Waals surface area contributed by atoms with E-state index in [1.165, 1.54) is 0 Å². The second-order valence-electron chi connectivity index (χ2n) is 6.37. The number of nitrogens with one attached hydrogen (secondary N) is 1. The highest BCUT2D eigenvalue weighted by atomic mass is 32.2. The summed E-state index contributed by atoms with van der Waals surface area (Å²) in [5.41, 5.74) is 2.25. The number of aromatic nitrogens is 3. The summed E-state index contributed by atoms with van der Waals surface area (Å²) in [5.74, 6) is 2.82. The van der Waals surface area contributed by atoms with Crippen LogP contribution in [0.1, 0.15) is 0 Å². The number of rotatable bonds is 8. The molecular formula is C22H21N3O4S. The summed E-state index contributed by atoms with van der Waals surface area (Å²) >= 11 is 0. The molecule has 0 spiro atoms. The lowest BCUT2D eigenvalue weighted by Gasteiger charge is -2.12. The van der Waals surface area contributed by atoms with Gasteiger partial charge in [0.05, 0.1) is 46.7 Å². The second kappa shape index (κ2) is 8.96. The third-order valence-electron chi connectivity index (χ3n) is 4.54. The van der Waals surface area contributed by atoms with Crippen molar-refractivity contribution < 1.29 is 18.4 Å². The third-order valence-corrected chi connectivity index (χ3v) is 5.91. The lowest BCUT2D eigenvalue weighted by molar-refractivity contribution is 0.339. The molecule has 0 aliphatic heterocycles. The molecule has 0 amide bonds. The monoisotopic (exact) mass is 423 g/mol. The summed E-state index contributed by atoms with van der Waals surface area (Å²) in [6.07, 6.45) is 1.70. The molecular weight excluding hydrogens is 402 g/mol. The number of pyridine rings is 1. The van der Waals surface area contributed by atoms with Crippen molar-refractivity contribution in [2.75, 3.05) is 26.6 Å². The van der Waals surface area contributed by atoms with Crippen LogP contribution >= 0.6 is 0 Å². The van der Waals surface area contributed by atoms with Crippen LogP contribution in [-0.2, 0) is 10.8 Å². The fourth-order valence-corrected chi connectivity index (χ4v) is 4.12. The summed E-state index contributed by atoms with van der Waals surface area (Å²) in [6, 6.07) is 16.6. The molecule has 1 unspecified atom stereocenters. The number of methoxy groups -OCH3 is 2. The normalized spacial score (nSPS) is 11.9. The largest absolute Gasteiger partial charge is 0.497 e. The summed E-state index contributed by atoms with van der Waals surface area (Å²) < 4.78 is 29.3. The van der Waals surface area contributed by atoms with Gasteiger partial charge in [-0.05, 0) is 36.4 Å². The van der Waals surface area contributed by atoms with E-state index in [-0.39, 0.29) is 6.61 Å². The molecule has 0 bridgehead atoms. The van der Waals surface area contributed by atoms with Crippen LogP contribution in [0, 0.1) is 0 Å². The highest BCUT2D eigenvalue weighted by molar-refractivity contribution is 7.85. The van der Waals surface area contributed by atoms with E-state index in [0.29, 0.717) is 39.4 Å². The average Bonchev–Trinajstić information content (AvgIpc) is 3.22. The predicted octanol–water partition coefficient (Wildman–Crippen LogP) is 3.83. The SMILES string of the molecule is COc1ccc(-c2nc3ncccc3[nH]2)c(OCCS(=O)c2ccccc2OC)c1. The fraction of sp³-hybridized carbons (Fsp3) is 0.182. The molecule has 0 saturated heterocycles. The molecule has 2 heterocycles. The Kier molecular flexibility index (Phi) is 5.94. The maximum absolute atomic E-state index is 12.7. The average molecular weight is 423 g/mol. The van der Waals surface area contributed by atoms with Crippen molar-refractivity contribution in [3.63, 3.8) is 0 Å². The van der Waals surface area contributed by atoms with Crippen LogP contribution in [0.3, 0.4) is 0 Å². The lowest BCUT2D eigenvalue weighted by Crippen LogP contribution is -2.10. The van der Waals surface area contributed by atoms with Gasteiger partial charge in [0.15, 0.2) is 5.65 Å². The van der Waals surface area contributed by atoms with Crippen LogP contribution in [0.4, 0.5) is 0 Å². The third kappa shape index (κ3) is 4.13. The van der Waals surface area contributed by atoms with Gasteiger partial charge in [0.25, 0.3) is 0 Å². The molecule has 4 rings (SSSR count). The first-order valence-corrected chi connectivity index (χ1v) is 10.6. The summed E-state index contributed by atoms with van der Waals surface area (Å²) in [7, 11) is 1.91. The molecule has 2 aromatic heterocycles. The number of H-pyrrole nitrogens is 1. The van der Waals surface area contributed by atoms with E-state index >= 15 is 0 Å². The summed E-state index contributed by atoms with van der Waals surface area (Å²) in [6.45, 7) is 0.253. The number of fused-ring (bicyclic) bond motifs is 1. The molecule has 0 aliphatic rings. The Bertz CT molecular complexity index is 1160. The first kappa shape index (κ1) is 19.9. The first-order chi connectivity index (χ1) is 14.7. The number of nitrogens with zero attached hydrogens (tertiary/aromatic N) is 2. The number of hydrogen-bond acceptors (Lipinski definition) is 6. The zero-order valence-corrected chi connectivity index (χ0v) is 17.4. The Hall–Kier alpha value is -3.39. The van der Waals surface area contributed by atoms with E-state index in [1.807, 2.05) is 36.4 Å². The molecule has 1 atom stereocenters. The summed E-state index contributed by atoms with van der Waals surface area (Å²) in [4.78, 5) is 12.7. The summed E-state index contributed by atoms with van der Waals surface area (Å²) in [5, 5.41) is 0. The minimum Gasteiger partial charge on any atom is -0.497 e. The van der Waals surface area contributed by atoms with Crippen LogP contribution in [0.2, 0.25) is 0 Å². The van der Waals surface area contributed by atoms with E-state index in [0.717, 1.165) is 11.1 Å². The topological polar surface area (TPSA) is 86.3 Å². The van der Waals surface area contributed by atoms with Gasteiger partial charge < -0.3 is 19.2 Å². The van der Waals surface area contributed by atoms with Crippen molar-refractivity contribution in [3.05, 3.63) is 60.8 Å². The lowest BCUT2D eigenvalue weighted by atomic mass is 10.2. The quantitative estimate of drug-likeness (QED) is 0.464. The molecule has 0 saturated carbocycles. The molecule has 0 aliphatic carbocycles. The van der Waals surface area contributed by atoms with E-state index in [4.69, 9.17) is 14.2 Å². The van der Waals surface area contributed by atoms with Crippen LogP contribution in [0.25, 0.3) is 22.6 Å². The van der Waals surface area contributed by atoms with E-state index in [1.54, 1.807) is 38.6 Å². The zero-order valence-electron chi connectivity index (χ0n) is 16.6. The minimum absolute atomic E-state index is 0.253. The molecule has 8 heteroatoms. The Morgan fingerprint density at radius 3 is 2.67 bits per heavy atom. The van der Waals surface area contributed by atoms with Gasteiger partial charge in [0.2, 0.25) is 0 Å². The van der Waals surface area contributed by atoms with Gasteiger partial charge in [-0.1, -0.05) is 12.1 Å². The molecule has 1 N–H and O–H groups in total. The zero-order chi connectivity index (χ0) is 20.9. The van der Waals surface area contributed by atoms with Crippen molar-refractivity contribution in [2.45, 2.75) is 4.90 Å². The Morgan fingerprint density at radius 1 is 1.00 bits per heavy atom. The van der Waals surface area contributed by atoms with Crippen molar-refractivity contribution >= 4 is 22.0 Å². The van der Waals surface area contributed by atoms with Crippen LogP contribution in [0.15, 0.2) is 65.7 Å². The standard InChI is InChI=1S/C22H21N3O4S/c1-27-15-9-10-16(21-24-17-6-5-11-23-22(17)25-21)19(14-15)29-12-13-30(26)20-8-4-3-7-18(20)28-2/h3-11,14H,12-13H2,1-2H3,(H,23,24,25). The molecule has 154 valence electrons. The molecule has 0 radical (unpaired) electrons. The number of imidazole rings is 1. The van der Waals surface area contributed by atoms with Gasteiger partial charge in [-0.2, -0.15) is 0 Å². The van der Waals surface area contributed by atoms with Crippen molar-refractivity contribution in [1.82, 2.24) is 15.0 Å². The number of para-hydroxylation sites is 1. The van der Waals surface area contributed by atoms with Gasteiger partial charge in [0, 0.05) is 12.3 Å². The van der Waals surface area contributed by atoms with Crippen molar-refractivity contribution in [2.24, 2.45) is 0 Å². The van der Waals surface area contributed by atoms with Crippen LogP contribution in [0.5, 0.6) is 17.2 Å². The van der Waals surface area contributed by atoms with Gasteiger partial charge in [-0.15, -0.1) is 0 Å². The van der Waals surface area contributed by atoms with E-state index in [9.17, 15) is 4.21 Å². The Labute approximate surface area is 176 Å². The van der Waals surface area contributed by atoms with Gasteiger partial charge in [0.1, 0.15) is 29.7 Å². The predicted molar refractivity (Wildman–Crippen MR) is 116 cm³/mol. The molecule has 0 fully saturated rings. The number of hydrogen-bond donors (Lipinski definition) is 1. The number of aromatic amines is 1. The second-order valence-corrected chi connectivity index (χ2v) is 7.91. The smallest absolute Gasteiger partial charge is 0.178 e. The first-order valence-electron chi connectivity index (χ1n) is 9.33. The minimum atomic E-state index is -1.25. The maximum atomic E-state index is 12.7. The van der Waals surface area contributed by atoms with E-state index < -0.39 is 10.8 Å². The van der Waals surface area contributed by atoms with Crippen molar-refractivity contribution in [3.8, 4) is 28.6 Å².